The number of hydrogen-bond acceptors (Lipinski definition) is 3. The fourth-order valence-electron chi connectivity index (χ4n) is 3.04. The van der Waals surface area contributed by atoms with Crippen molar-refractivity contribution in [1.82, 2.24) is 9.80 Å². The topological polar surface area (TPSA) is 32.8 Å². The van der Waals surface area contributed by atoms with Crippen LogP contribution in [0.3, 0.4) is 0 Å². The van der Waals surface area contributed by atoms with Gasteiger partial charge in [-0.2, -0.15) is 0 Å². The van der Waals surface area contributed by atoms with E-state index in [1.54, 1.807) is 29.2 Å². The fourth-order valence-corrected chi connectivity index (χ4v) is 3.23. The third kappa shape index (κ3) is 4.96. The minimum atomic E-state index is -0.183. The van der Waals surface area contributed by atoms with Gasteiger partial charge in [0.05, 0.1) is 5.02 Å². The Morgan fingerprint density at radius 2 is 1.81 bits per heavy atom. The summed E-state index contributed by atoms with van der Waals surface area (Å²) < 4.78 is 19.4. The molecule has 1 fully saturated rings. The number of rotatable bonds is 5. The second-order valence-corrected chi connectivity index (χ2v) is 6.73. The van der Waals surface area contributed by atoms with Crippen LogP contribution in [0.4, 0.5) is 4.39 Å². The van der Waals surface area contributed by atoms with Gasteiger partial charge >= 0.3 is 0 Å². The minimum Gasteiger partial charge on any atom is -0.482 e. The molecule has 0 spiro atoms. The number of carbonyl (C=O) groups excluding carboxylic acids is 1. The maximum Gasteiger partial charge on any atom is 0.260 e. The third-order valence-corrected chi connectivity index (χ3v) is 4.79. The van der Waals surface area contributed by atoms with Crippen molar-refractivity contribution < 1.29 is 13.9 Å². The normalized spacial score (nSPS) is 15.5. The van der Waals surface area contributed by atoms with Crippen molar-refractivity contribution in [2.45, 2.75) is 13.0 Å². The molecule has 1 amide bonds. The first-order valence-electron chi connectivity index (χ1n) is 8.74. The van der Waals surface area contributed by atoms with Crippen molar-refractivity contribution in [2.75, 3.05) is 32.8 Å². The lowest BCUT2D eigenvalue weighted by Crippen LogP contribution is -2.38. The number of ether oxygens (including phenoxy) is 1. The van der Waals surface area contributed by atoms with Gasteiger partial charge in [0.15, 0.2) is 6.61 Å². The van der Waals surface area contributed by atoms with E-state index in [1.165, 1.54) is 6.07 Å². The van der Waals surface area contributed by atoms with E-state index in [-0.39, 0.29) is 18.3 Å². The first-order valence-corrected chi connectivity index (χ1v) is 9.12. The highest BCUT2D eigenvalue weighted by molar-refractivity contribution is 6.32. The molecule has 3 rings (SSSR count). The maximum absolute atomic E-state index is 13.8. The van der Waals surface area contributed by atoms with Gasteiger partial charge in [-0.25, -0.2) is 4.39 Å². The SMILES string of the molecule is O=C(COc1ccccc1Cl)N1CCCN(Cc2ccccc2F)CC1. The van der Waals surface area contributed by atoms with Crippen LogP contribution in [0.25, 0.3) is 0 Å². The number of amides is 1. The molecule has 138 valence electrons. The Morgan fingerprint density at radius 3 is 2.62 bits per heavy atom. The van der Waals surface area contributed by atoms with E-state index in [2.05, 4.69) is 4.90 Å². The van der Waals surface area contributed by atoms with Gasteiger partial charge in [-0.05, 0) is 24.6 Å². The van der Waals surface area contributed by atoms with Crippen molar-refractivity contribution in [3.8, 4) is 5.75 Å². The summed E-state index contributed by atoms with van der Waals surface area (Å²) >= 11 is 6.04. The van der Waals surface area contributed by atoms with E-state index in [4.69, 9.17) is 16.3 Å². The molecule has 0 bridgehead atoms. The van der Waals surface area contributed by atoms with Crippen LogP contribution in [0.15, 0.2) is 48.5 Å². The highest BCUT2D eigenvalue weighted by Crippen LogP contribution is 2.23. The van der Waals surface area contributed by atoms with Crippen molar-refractivity contribution >= 4 is 17.5 Å². The smallest absolute Gasteiger partial charge is 0.260 e. The van der Waals surface area contributed by atoms with Crippen LogP contribution in [0, 0.1) is 5.82 Å². The molecule has 1 aliphatic heterocycles. The molecule has 1 saturated heterocycles. The zero-order valence-corrected chi connectivity index (χ0v) is 15.3. The Bertz CT molecular complexity index is 756. The van der Waals surface area contributed by atoms with Crippen LogP contribution >= 0.6 is 11.6 Å². The number of hydrogen-bond donors (Lipinski definition) is 0. The van der Waals surface area contributed by atoms with Gasteiger partial charge in [-0.1, -0.05) is 41.9 Å². The van der Waals surface area contributed by atoms with Crippen LogP contribution in [0.5, 0.6) is 5.75 Å². The van der Waals surface area contributed by atoms with E-state index >= 15 is 0 Å². The van der Waals surface area contributed by atoms with Gasteiger partial charge in [0.2, 0.25) is 0 Å². The van der Waals surface area contributed by atoms with Gasteiger partial charge in [0.25, 0.3) is 5.91 Å². The van der Waals surface area contributed by atoms with Crippen LogP contribution in [0.1, 0.15) is 12.0 Å². The van der Waals surface area contributed by atoms with Gasteiger partial charge in [-0.3, -0.25) is 9.69 Å². The monoisotopic (exact) mass is 376 g/mol. The Morgan fingerprint density at radius 1 is 1.04 bits per heavy atom. The average molecular weight is 377 g/mol. The van der Waals surface area contributed by atoms with Crippen molar-refractivity contribution in [1.29, 1.82) is 0 Å². The Labute approximate surface area is 158 Å². The van der Waals surface area contributed by atoms with E-state index in [0.29, 0.717) is 42.5 Å². The summed E-state index contributed by atoms with van der Waals surface area (Å²) in [7, 11) is 0. The Balaban J connectivity index is 1.51. The molecular formula is C20H22ClFN2O2. The van der Waals surface area contributed by atoms with E-state index in [9.17, 15) is 9.18 Å². The van der Waals surface area contributed by atoms with Crippen molar-refractivity contribution in [3.05, 3.63) is 64.9 Å². The highest BCUT2D eigenvalue weighted by Gasteiger charge is 2.20. The molecule has 0 atom stereocenters. The van der Waals surface area contributed by atoms with E-state index in [0.717, 1.165) is 13.0 Å². The minimum absolute atomic E-state index is 0.0307. The summed E-state index contributed by atoms with van der Waals surface area (Å²) in [6.07, 6.45) is 0.853. The average Bonchev–Trinajstić information content (AvgIpc) is 2.88. The standard InChI is InChI=1S/C20H22ClFN2O2/c21-17-7-2-4-9-19(17)26-15-20(25)24-11-5-10-23(12-13-24)14-16-6-1-3-8-18(16)22/h1-4,6-9H,5,10-15H2. The van der Waals surface area contributed by atoms with Crippen LogP contribution < -0.4 is 4.74 Å². The number of halogens is 2. The first-order chi connectivity index (χ1) is 12.6. The number of carbonyl (C=O) groups is 1. The molecule has 0 unspecified atom stereocenters. The summed E-state index contributed by atoms with van der Waals surface area (Å²) in [5, 5.41) is 0.493. The van der Waals surface area contributed by atoms with Gasteiger partial charge in [0, 0.05) is 38.3 Å². The number of benzene rings is 2. The largest absolute Gasteiger partial charge is 0.482 e. The molecule has 0 aliphatic carbocycles. The van der Waals surface area contributed by atoms with E-state index < -0.39 is 0 Å². The number of para-hydroxylation sites is 1. The van der Waals surface area contributed by atoms with Crippen LogP contribution in [-0.2, 0) is 11.3 Å². The number of nitrogens with zero attached hydrogens (tertiary/aromatic N) is 2. The summed E-state index contributed by atoms with van der Waals surface area (Å²) in [5.74, 6) is 0.272. The molecule has 1 aliphatic rings. The molecule has 6 heteroatoms. The molecule has 26 heavy (non-hydrogen) atoms. The Hall–Kier alpha value is -2.11. The van der Waals surface area contributed by atoms with Gasteiger partial charge < -0.3 is 9.64 Å². The zero-order valence-electron chi connectivity index (χ0n) is 14.5. The molecule has 0 N–H and O–H groups in total. The van der Waals surface area contributed by atoms with Gasteiger partial charge in [0.1, 0.15) is 11.6 Å². The lowest BCUT2D eigenvalue weighted by molar-refractivity contribution is -0.133. The highest BCUT2D eigenvalue weighted by atomic mass is 35.5. The molecule has 0 radical (unpaired) electrons. The molecule has 0 aromatic heterocycles. The van der Waals surface area contributed by atoms with Crippen molar-refractivity contribution in [2.24, 2.45) is 0 Å². The third-order valence-electron chi connectivity index (χ3n) is 4.48. The molecule has 2 aromatic rings. The molecule has 1 heterocycles. The predicted octanol–water partition coefficient (Wildman–Crippen LogP) is 3.59. The van der Waals surface area contributed by atoms with E-state index in [1.807, 2.05) is 18.2 Å². The molecular weight excluding hydrogens is 355 g/mol. The summed E-state index contributed by atoms with van der Waals surface area (Å²) in [5.41, 5.74) is 0.689. The predicted molar refractivity (Wildman–Crippen MR) is 99.8 cm³/mol. The molecule has 0 saturated carbocycles. The second kappa shape index (κ2) is 9.01. The lowest BCUT2D eigenvalue weighted by Gasteiger charge is -2.22. The quantitative estimate of drug-likeness (QED) is 0.799. The van der Waals surface area contributed by atoms with Crippen LogP contribution in [0.2, 0.25) is 5.02 Å². The summed E-state index contributed by atoms with van der Waals surface area (Å²) in [6.45, 7) is 3.37. The first kappa shape index (κ1) is 18.7. The van der Waals surface area contributed by atoms with Crippen molar-refractivity contribution in [3.63, 3.8) is 0 Å². The Kier molecular flexibility index (Phi) is 6.47. The second-order valence-electron chi connectivity index (χ2n) is 6.32. The summed E-state index contributed by atoms with van der Waals surface area (Å²) in [6, 6.07) is 13.9. The van der Waals surface area contributed by atoms with Gasteiger partial charge in [-0.15, -0.1) is 0 Å². The fraction of sp³-hybridized carbons (Fsp3) is 0.350. The molecule has 2 aromatic carbocycles. The molecule has 4 nitrogen and oxygen atoms in total. The lowest BCUT2D eigenvalue weighted by atomic mass is 10.2. The summed E-state index contributed by atoms with van der Waals surface area (Å²) in [4.78, 5) is 16.4. The zero-order chi connectivity index (χ0) is 18.4. The van der Waals surface area contributed by atoms with Crippen LogP contribution in [-0.4, -0.2) is 48.5 Å². The maximum atomic E-state index is 13.8.